The molecule has 1 atom stereocenters. The van der Waals surface area contributed by atoms with Gasteiger partial charge < -0.3 is 10.2 Å². The van der Waals surface area contributed by atoms with E-state index in [0.29, 0.717) is 12.2 Å². The van der Waals surface area contributed by atoms with Gasteiger partial charge in [0.25, 0.3) is 0 Å². The molecule has 0 aromatic carbocycles. The lowest BCUT2D eigenvalue weighted by molar-refractivity contribution is 0.335. The predicted octanol–water partition coefficient (Wildman–Crippen LogP) is 0.534. The molecule has 0 spiro atoms. The van der Waals surface area contributed by atoms with Gasteiger partial charge in [-0.3, -0.25) is 0 Å². The van der Waals surface area contributed by atoms with E-state index in [1.54, 1.807) is 0 Å². The first-order chi connectivity index (χ1) is 7.57. The van der Waals surface area contributed by atoms with Crippen molar-refractivity contribution in [3.05, 3.63) is 0 Å². The van der Waals surface area contributed by atoms with Crippen molar-refractivity contribution in [2.75, 3.05) is 24.6 Å². The number of sulfone groups is 1. The third-order valence-electron chi connectivity index (χ3n) is 3.20. The molecule has 2 fully saturated rings. The van der Waals surface area contributed by atoms with Crippen molar-refractivity contribution in [3.63, 3.8) is 0 Å². The predicted molar refractivity (Wildman–Crippen MR) is 68.2 cm³/mol. The quantitative estimate of drug-likeness (QED) is 0.699. The molecule has 2 heterocycles. The van der Waals surface area contributed by atoms with E-state index in [1.165, 1.54) is 19.3 Å². The van der Waals surface area contributed by atoms with Crippen LogP contribution in [-0.2, 0) is 9.84 Å². The fraction of sp³-hybridized carbons (Fsp3) is 0.900. The number of nitrogens with one attached hydrogen (secondary N) is 1. The highest BCUT2D eigenvalue weighted by Gasteiger charge is 2.29. The number of likely N-dealkylation sites (tertiary alicyclic amines) is 1. The molecule has 0 aromatic heterocycles. The van der Waals surface area contributed by atoms with Crippen molar-refractivity contribution in [3.8, 4) is 0 Å². The molecule has 16 heavy (non-hydrogen) atoms. The Labute approximate surface area is 102 Å². The van der Waals surface area contributed by atoms with Crippen LogP contribution in [0.1, 0.15) is 25.7 Å². The number of piperidine rings is 1. The first kappa shape index (κ1) is 12.1. The average Bonchev–Trinajstić information content (AvgIpc) is 2.59. The maximum Gasteiger partial charge on any atom is 0.169 e. The zero-order valence-electron chi connectivity index (χ0n) is 9.31. The second-order valence-corrected chi connectivity index (χ2v) is 7.21. The average molecular weight is 262 g/mol. The van der Waals surface area contributed by atoms with Crippen LogP contribution in [0.5, 0.6) is 0 Å². The molecule has 0 radical (unpaired) electrons. The van der Waals surface area contributed by atoms with E-state index in [-0.39, 0.29) is 11.8 Å². The zero-order valence-corrected chi connectivity index (χ0v) is 10.9. The number of hydrogen-bond donors (Lipinski definition) is 1. The van der Waals surface area contributed by atoms with Crippen LogP contribution in [0.2, 0.25) is 0 Å². The van der Waals surface area contributed by atoms with E-state index in [1.807, 2.05) is 0 Å². The van der Waals surface area contributed by atoms with E-state index in [2.05, 4.69) is 10.2 Å². The van der Waals surface area contributed by atoms with Gasteiger partial charge in [0.2, 0.25) is 0 Å². The van der Waals surface area contributed by atoms with Gasteiger partial charge in [0, 0.05) is 19.1 Å². The number of thiocarbonyl (C=S) groups is 1. The Hall–Kier alpha value is -0.360. The summed E-state index contributed by atoms with van der Waals surface area (Å²) >= 11 is 5.31. The van der Waals surface area contributed by atoms with Gasteiger partial charge in [-0.15, -0.1) is 0 Å². The largest absolute Gasteiger partial charge is 0.359 e. The lowest BCUT2D eigenvalue weighted by Crippen LogP contribution is -2.46. The topological polar surface area (TPSA) is 49.4 Å². The summed E-state index contributed by atoms with van der Waals surface area (Å²) in [7, 11) is -2.81. The van der Waals surface area contributed by atoms with Crippen molar-refractivity contribution >= 4 is 27.2 Å². The molecule has 92 valence electrons. The first-order valence-electron chi connectivity index (χ1n) is 5.83. The van der Waals surface area contributed by atoms with Gasteiger partial charge in [-0.1, -0.05) is 0 Å². The molecule has 2 aliphatic heterocycles. The SMILES string of the molecule is O=S1(=O)CC[C@@H](NC(=S)N2CCCCC2)C1. The van der Waals surface area contributed by atoms with E-state index >= 15 is 0 Å². The van der Waals surface area contributed by atoms with Crippen LogP contribution >= 0.6 is 12.2 Å². The number of nitrogens with zero attached hydrogens (tertiary/aromatic N) is 1. The van der Waals surface area contributed by atoms with Crippen molar-refractivity contribution in [1.29, 1.82) is 0 Å². The third kappa shape index (κ3) is 3.07. The maximum absolute atomic E-state index is 11.3. The molecule has 4 nitrogen and oxygen atoms in total. The van der Waals surface area contributed by atoms with Crippen LogP contribution in [0.25, 0.3) is 0 Å². The molecule has 2 rings (SSSR count). The molecule has 0 unspecified atom stereocenters. The highest BCUT2D eigenvalue weighted by molar-refractivity contribution is 7.91. The molecular formula is C10H18N2O2S2. The first-order valence-corrected chi connectivity index (χ1v) is 8.06. The normalized spacial score (nSPS) is 29.0. The van der Waals surface area contributed by atoms with Crippen LogP contribution < -0.4 is 5.32 Å². The lowest BCUT2D eigenvalue weighted by Gasteiger charge is -2.30. The van der Waals surface area contributed by atoms with Gasteiger partial charge in [-0.2, -0.15) is 0 Å². The van der Waals surface area contributed by atoms with Crippen LogP contribution in [-0.4, -0.2) is 49.1 Å². The van der Waals surface area contributed by atoms with Crippen molar-refractivity contribution < 1.29 is 8.42 Å². The summed E-state index contributed by atoms with van der Waals surface area (Å²) in [6, 6.07) is 0.0272. The third-order valence-corrected chi connectivity index (χ3v) is 5.35. The van der Waals surface area contributed by atoms with Gasteiger partial charge in [0.15, 0.2) is 14.9 Å². The summed E-state index contributed by atoms with van der Waals surface area (Å²) in [5.41, 5.74) is 0. The van der Waals surface area contributed by atoms with Crippen LogP contribution in [0, 0.1) is 0 Å². The van der Waals surface area contributed by atoms with Gasteiger partial charge in [-0.05, 0) is 37.9 Å². The Morgan fingerprint density at radius 3 is 2.50 bits per heavy atom. The summed E-state index contributed by atoms with van der Waals surface area (Å²) < 4.78 is 22.6. The Kier molecular flexibility index (Phi) is 3.69. The summed E-state index contributed by atoms with van der Waals surface area (Å²) in [5.74, 6) is 0.536. The summed E-state index contributed by atoms with van der Waals surface area (Å²) in [5, 5.41) is 3.92. The molecule has 0 amide bonds. The Morgan fingerprint density at radius 2 is 1.94 bits per heavy atom. The molecule has 0 saturated carbocycles. The van der Waals surface area contributed by atoms with Crippen molar-refractivity contribution in [1.82, 2.24) is 10.2 Å². The van der Waals surface area contributed by atoms with Gasteiger partial charge in [0.05, 0.1) is 11.5 Å². The molecule has 2 aliphatic rings. The fourth-order valence-electron chi connectivity index (χ4n) is 2.27. The Bertz CT molecular complexity index is 361. The zero-order chi connectivity index (χ0) is 11.6. The van der Waals surface area contributed by atoms with Gasteiger partial charge in [-0.25, -0.2) is 8.42 Å². The minimum Gasteiger partial charge on any atom is -0.359 e. The van der Waals surface area contributed by atoms with Gasteiger partial charge >= 0.3 is 0 Å². The summed E-state index contributed by atoms with van der Waals surface area (Å²) in [4.78, 5) is 2.16. The second-order valence-electron chi connectivity index (χ2n) is 4.60. The lowest BCUT2D eigenvalue weighted by atomic mass is 10.1. The smallest absolute Gasteiger partial charge is 0.169 e. The molecule has 1 N–H and O–H groups in total. The highest BCUT2D eigenvalue weighted by Crippen LogP contribution is 2.13. The molecule has 0 aromatic rings. The molecule has 0 bridgehead atoms. The van der Waals surface area contributed by atoms with E-state index in [4.69, 9.17) is 12.2 Å². The van der Waals surface area contributed by atoms with Crippen molar-refractivity contribution in [2.24, 2.45) is 0 Å². The molecule has 0 aliphatic carbocycles. The molecule has 6 heteroatoms. The van der Waals surface area contributed by atoms with E-state index in [0.717, 1.165) is 18.2 Å². The highest BCUT2D eigenvalue weighted by atomic mass is 32.2. The Balaban J connectivity index is 1.83. The Morgan fingerprint density at radius 1 is 1.25 bits per heavy atom. The minimum absolute atomic E-state index is 0.0272. The monoisotopic (exact) mass is 262 g/mol. The summed E-state index contributed by atoms with van der Waals surface area (Å²) in [6.45, 7) is 2.01. The fourth-order valence-corrected chi connectivity index (χ4v) is 4.29. The minimum atomic E-state index is -2.81. The van der Waals surface area contributed by atoms with Crippen molar-refractivity contribution in [2.45, 2.75) is 31.7 Å². The van der Waals surface area contributed by atoms with Gasteiger partial charge in [0.1, 0.15) is 0 Å². The number of rotatable bonds is 1. The van der Waals surface area contributed by atoms with Crippen LogP contribution in [0.15, 0.2) is 0 Å². The van der Waals surface area contributed by atoms with Crippen LogP contribution in [0.4, 0.5) is 0 Å². The van der Waals surface area contributed by atoms with E-state index < -0.39 is 9.84 Å². The molecule has 2 saturated heterocycles. The molecular weight excluding hydrogens is 244 g/mol. The maximum atomic E-state index is 11.3. The van der Waals surface area contributed by atoms with E-state index in [9.17, 15) is 8.42 Å². The van der Waals surface area contributed by atoms with Crippen LogP contribution in [0.3, 0.4) is 0 Å². The number of hydrogen-bond acceptors (Lipinski definition) is 3. The standard InChI is InChI=1S/C10H18N2O2S2/c13-16(14)7-4-9(8-16)11-10(15)12-5-2-1-3-6-12/h9H,1-8H2,(H,11,15)/t9-/m1/s1. The second kappa shape index (κ2) is 4.87. The summed E-state index contributed by atoms with van der Waals surface area (Å²) in [6.07, 6.45) is 4.34.